The fourth-order valence-corrected chi connectivity index (χ4v) is 4.11. The number of alkyl halides is 2. The van der Waals surface area contributed by atoms with Crippen LogP contribution in [0.5, 0.6) is 5.75 Å². The van der Waals surface area contributed by atoms with Crippen LogP contribution in [0.3, 0.4) is 0 Å². The molecule has 0 unspecified atom stereocenters. The van der Waals surface area contributed by atoms with Gasteiger partial charge in [-0.3, -0.25) is 0 Å². The second-order valence-electron chi connectivity index (χ2n) is 8.37. The molecule has 0 atom stereocenters. The monoisotopic (exact) mass is 464 g/mol. The number of ether oxygens (including phenoxy) is 2. The lowest BCUT2D eigenvalue weighted by Gasteiger charge is -2.10. The van der Waals surface area contributed by atoms with Crippen molar-refractivity contribution in [2.75, 3.05) is 7.11 Å². The maximum atomic E-state index is 15.1. The average molecular weight is 465 g/mol. The largest absolute Gasteiger partial charge is 0.435 e. The molecule has 0 amide bonds. The van der Waals surface area contributed by atoms with E-state index in [1.54, 1.807) is 19.2 Å². The fourth-order valence-electron chi connectivity index (χ4n) is 4.11. The molecule has 0 aliphatic carbocycles. The molecule has 0 heterocycles. The second kappa shape index (κ2) is 11.2. The Kier molecular flexibility index (Phi) is 7.86. The van der Waals surface area contributed by atoms with Gasteiger partial charge in [-0.05, 0) is 71.0 Å². The quantitative estimate of drug-likeness (QED) is 0.245. The van der Waals surface area contributed by atoms with Crippen LogP contribution in [0.4, 0.5) is 13.2 Å². The molecular weight excluding hydrogens is 437 g/mol. The lowest BCUT2D eigenvalue weighted by Crippen LogP contribution is -2.02. The molecule has 2 nitrogen and oxygen atoms in total. The van der Waals surface area contributed by atoms with Gasteiger partial charge in [-0.1, -0.05) is 66.7 Å². The normalized spacial score (nSPS) is 11.3. The Morgan fingerprint density at radius 2 is 1.26 bits per heavy atom. The van der Waals surface area contributed by atoms with E-state index in [1.807, 2.05) is 24.3 Å². The maximum Gasteiger partial charge on any atom is 0.387 e. The molecule has 4 rings (SSSR count). The molecular formula is C29H27F3O2. The molecule has 34 heavy (non-hydrogen) atoms. The maximum absolute atomic E-state index is 15.1. The molecule has 4 aromatic carbocycles. The lowest BCUT2D eigenvalue weighted by molar-refractivity contribution is -0.0498. The first-order valence-corrected chi connectivity index (χ1v) is 11.3. The molecule has 176 valence electrons. The van der Waals surface area contributed by atoms with Crippen molar-refractivity contribution in [1.82, 2.24) is 0 Å². The van der Waals surface area contributed by atoms with Crippen molar-refractivity contribution in [2.24, 2.45) is 0 Å². The van der Waals surface area contributed by atoms with Crippen molar-refractivity contribution in [3.8, 4) is 5.75 Å². The SMILES string of the molecule is COCc1ccc(CCc2ccc3c(F)c(CCc4ccc(OC(F)F)cc4)ccc3c2)cc1. The van der Waals surface area contributed by atoms with Gasteiger partial charge in [0.25, 0.3) is 0 Å². The summed E-state index contributed by atoms with van der Waals surface area (Å²) >= 11 is 0. The summed E-state index contributed by atoms with van der Waals surface area (Å²) < 4.78 is 49.2. The second-order valence-corrected chi connectivity index (χ2v) is 8.37. The Balaban J connectivity index is 1.39. The third-order valence-corrected chi connectivity index (χ3v) is 5.97. The molecule has 0 fully saturated rings. The average Bonchev–Trinajstić information content (AvgIpc) is 2.84. The summed E-state index contributed by atoms with van der Waals surface area (Å²) in [6, 6.07) is 24.6. The van der Waals surface area contributed by atoms with E-state index in [4.69, 9.17) is 4.74 Å². The van der Waals surface area contributed by atoms with Gasteiger partial charge in [-0.25, -0.2) is 4.39 Å². The van der Waals surface area contributed by atoms with Crippen molar-refractivity contribution < 1.29 is 22.6 Å². The number of benzene rings is 4. The fraction of sp³-hybridized carbons (Fsp3) is 0.241. The number of methoxy groups -OCH3 is 1. The number of halogens is 3. The Bertz CT molecular complexity index is 1220. The van der Waals surface area contributed by atoms with Gasteiger partial charge in [-0.15, -0.1) is 0 Å². The van der Waals surface area contributed by atoms with E-state index >= 15 is 4.39 Å². The van der Waals surface area contributed by atoms with E-state index in [9.17, 15) is 8.78 Å². The summed E-state index contributed by atoms with van der Waals surface area (Å²) in [6.45, 7) is -2.23. The molecule has 0 aromatic heterocycles. The van der Waals surface area contributed by atoms with Crippen LogP contribution in [-0.2, 0) is 37.0 Å². The molecule has 0 N–H and O–H groups in total. The molecule has 0 saturated carbocycles. The van der Waals surface area contributed by atoms with Crippen molar-refractivity contribution in [1.29, 1.82) is 0 Å². The highest BCUT2D eigenvalue weighted by Crippen LogP contribution is 2.25. The third kappa shape index (κ3) is 6.17. The predicted octanol–water partition coefficient (Wildman–Crippen LogP) is 7.30. The summed E-state index contributed by atoms with van der Waals surface area (Å²) in [5.41, 5.74) is 5.17. The molecule has 0 saturated heterocycles. The highest BCUT2D eigenvalue weighted by atomic mass is 19.3. The summed E-state index contributed by atoms with van der Waals surface area (Å²) in [5, 5.41) is 1.51. The molecule has 0 aliphatic heterocycles. The minimum Gasteiger partial charge on any atom is -0.435 e. The highest BCUT2D eigenvalue weighted by Gasteiger charge is 2.09. The van der Waals surface area contributed by atoms with Crippen LogP contribution in [0.15, 0.2) is 78.9 Å². The van der Waals surface area contributed by atoms with Crippen molar-refractivity contribution in [3.63, 3.8) is 0 Å². The number of rotatable bonds is 10. The standard InChI is InChI=1S/C29H27F3O2/c1-33-19-23-6-3-20(4-7-23)2-5-22-11-17-27-25(18-22)14-13-24(28(27)30)12-8-21-9-15-26(16-10-21)34-29(31)32/h3-4,6-7,9-11,13-18,29H,2,5,8,12,19H2,1H3. The number of fused-ring (bicyclic) bond motifs is 1. The Morgan fingerprint density at radius 1 is 0.676 bits per heavy atom. The molecule has 0 bridgehead atoms. The first kappa shape index (κ1) is 23.8. The first-order valence-electron chi connectivity index (χ1n) is 11.3. The predicted molar refractivity (Wildman–Crippen MR) is 129 cm³/mol. The van der Waals surface area contributed by atoms with Gasteiger partial charge in [0.2, 0.25) is 0 Å². The van der Waals surface area contributed by atoms with Crippen LogP contribution in [-0.4, -0.2) is 13.7 Å². The highest BCUT2D eigenvalue weighted by molar-refractivity contribution is 5.84. The van der Waals surface area contributed by atoms with E-state index < -0.39 is 6.61 Å². The zero-order chi connectivity index (χ0) is 23.9. The molecule has 0 aliphatic rings. The van der Waals surface area contributed by atoms with Crippen LogP contribution in [0, 0.1) is 5.82 Å². The van der Waals surface area contributed by atoms with Crippen LogP contribution in [0.25, 0.3) is 10.8 Å². The molecule has 4 aromatic rings. The van der Waals surface area contributed by atoms with Gasteiger partial charge >= 0.3 is 6.61 Å². The lowest BCUT2D eigenvalue weighted by atomic mass is 9.97. The summed E-state index contributed by atoms with van der Waals surface area (Å²) in [5.74, 6) is -0.0787. The van der Waals surface area contributed by atoms with Gasteiger partial charge < -0.3 is 9.47 Å². The summed E-state index contributed by atoms with van der Waals surface area (Å²) in [7, 11) is 1.69. The van der Waals surface area contributed by atoms with E-state index in [2.05, 4.69) is 35.1 Å². The molecule has 0 spiro atoms. The summed E-state index contributed by atoms with van der Waals surface area (Å²) in [6.07, 6.45) is 2.94. The van der Waals surface area contributed by atoms with Gasteiger partial charge in [0.05, 0.1) is 6.61 Å². The van der Waals surface area contributed by atoms with Crippen molar-refractivity contribution in [3.05, 3.63) is 112 Å². The zero-order valence-electron chi connectivity index (χ0n) is 19.1. The number of hydrogen-bond donors (Lipinski definition) is 0. The zero-order valence-corrected chi connectivity index (χ0v) is 19.1. The number of aryl methyl sites for hydroxylation is 4. The van der Waals surface area contributed by atoms with E-state index in [-0.39, 0.29) is 11.6 Å². The summed E-state index contributed by atoms with van der Waals surface area (Å²) in [4.78, 5) is 0. The molecule has 5 heteroatoms. The van der Waals surface area contributed by atoms with Gasteiger partial charge in [0, 0.05) is 12.5 Å². The van der Waals surface area contributed by atoms with E-state index in [0.29, 0.717) is 30.4 Å². The van der Waals surface area contributed by atoms with Gasteiger partial charge in [-0.2, -0.15) is 8.78 Å². The number of hydrogen-bond acceptors (Lipinski definition) is 2. The van der Waals surface area contributed by atoms with Crippen LogP contribution in [0.1, 0.15) is 27.8 Å². The Hall–Kier alpha value is -3.31. The van der Waals surface area contributed by atoms with Crippen molar-refractivity contribution in [2.45, 2.75) is 38.9 Å². The van der Waals surface area contributed by atoms with Crippen LogP contribution < -0.4 is 4.74 Å². The minimum atomic E-state index is -2.84. The Labute approximate surface area is 198 Å². The topological polar surface area (TPSA) is 18.5 Å². The Morgan fingerprint density at radius 3 is 1.94 bits per heavy atom. The van der Waals surface area contributed by atoms with E-state index in [0.717, 1.165) is 29.4 Å². The van der Waals surface area contributed by atoms with Gasteiger partial charge in [0.1, 0.15) is 11.6 Å². The minimum absolute atomic E-state index is 0.120. The van der Waals surface area contributed by atoms with Crippen molar-refractivity contribution >= 4 is 10.8 Å². The third-order valence-electron chi connectivity index (χ3n) is 5.97. The van der Waals surface area contributed by atoms with Gasteiger partial charge in [0.15, 0.2) is 0 Å². The molecule has 0 radical (unpaired) electrons. The van der Waals surface area contributed by atoms with Crippen LogP contribution >= 0.6 is 0 Å². The first-order chi connectivity index (χ1) is 16.5. The van der Waals surface area contributed by atoms with E-state index in [1.165, 1.54) is 23.3 Å². The van der Waals surface area contributed by atoms with Crippen LogP contribution in [0.2, 0.25) is 0 Å². The smallest absolute Gasteiger partial charge is 0.387 e.